The number of oxazole rings is 1. The van der Waals surface area contributed by atoms with Gasteiger partial charge in [-0.2, -0.15) is 0 Å². The molecule has 7 nitrogen and oxygen atoms in total. The Hall–Kier alpha value is -1.70. The molecule has 0 radical (unpaired) electrons. The molecule has 1 aliphatic heterocycles. The highest BCUT2D eigenvalue weighted by Crippen LogP contribution is 2.30. The Kier molecular flexibility index (Phi) is 4.69. The second-order valence-corrected chi connectivity index (χ2v) is 5.99. The number of nitro benzene ring substituents is 1. The van der Waals surface area contributed by atoms with Crippen molar-refractivity contribution in [3.8, 4) is 0 Å². The number of nitrogens with zero attached hydrogens (tertiary/aromatic N) is 3. The summed E-state index contributed by atoms with van der Waals surface area (Å²) in [6, 6.07) is 4.47. The summed E-state index contributed by atoms with van der Waals surface area (Å²) in [5.74, 6) is 0.590. The molecule has 22 heavy (non-hydrogen) atoms. The maximum Gasteiger partial charge on any atom is 0.271 e. The maximum atomic E-state index is 10.8. The second-order valence-electron chi connectivity index (χ2n) is 5.99. The lowest BCUT2D eigenvalue weighted by atomic mass is 9.90. The Morgan fingerprint density at radius 2 is 2.32 bits per heavy atom. The molecule has 0 saturated carbocycles. The fourth-order valence-corrected chi connectivity index (χ4v) is 2.76. The van der Waals surface area contributed by atoms with Gasteiger partial charge in [0.05, 0.1) is 11.5 Å². The number of aromatic nitrogens is 1. The van der Waals surface area contributed by atoms with Crippen LogP contribution in [-0.2, 0) is 6.54 Å². The average Bonchev–Trinajstić information content (AvgIpc) is 3.02. The first-order chi connectivity index (χ1) is 9.99. The van der Waals surface area contributed by atoms with Crippen LogP contribution in [0.25, 0.3) is 11.1 Å². The third kappa shape index (κ3) is 3.21. The van der Waals surface area contributed by atoms with Crippen LogP contribution in [0, 0.1) is 15.5 Å². The lowest BCUT2D eigenvalue weighted by Crippen LogP contribution is -2.31. The number of nitrogens with two attached hydrogens (primary N) is 1. The fraction of sp³-hybridized carbons (Fsp3) is 0.500. The van der Waals surface area contributed by atoms with E-state index in [1.807, 2.05) is 0 Å². The summed E-state index contributed by atoms with van der Waals surface area (Å²) in [6.07, 6.45) is 1.06. The smallest absolute Gasteiger partial charge is 0.271 e. The highest BCUT2D eigenvalue weighted by Gasteiger charge is 2.32. The van der Waals surface area contributed by atoms with Gasteiger partial charge in [0.1, 0.15) is 5.52 Å². The van der Waals surface area contributed by atoms with Crippen molar-refractivity contribution in [1.29, 1.82) is 0 Å². The topological polar surface area (TPSA) is 98.4 Å². The van der Waals surface area contributed by atoms with Crippen LogP contribution in [0.1, 0.15) is 19.2 Å². The van der Waals surface area contributed by atoms with Crippen LogP contribution < -0.4 is 5.73 Å². The molecule has 8 heteroatoms. The molecule has 2 aromatic rings. The van der Waals surface area contributed by atoms with E-state index in [4.69, 9.17) is 10.2 Å². The van der Waals surface area contributed by atoms with Crippen LogP contribution in [0.15, 0.2) is 22.6 Å². The number of non-ortho nitro benzene ring substituents is 1. The van der Waals surface area contributed by atoms with Crippen molar-refractivity contribution in [1.82, 2.24) is 9.88 Å². The first-order valence-corrected chi connectivity index (χ1v) is 6.95. The molecular formula is C14H19ClN4O3. The van der Waals surface area contributed by atoms with Crippen LogP contribution in [0.5, 0.6) is 0 Å². The molecule has 120 valence electrons. The molecule has 1 unspecified atom stereocenters. The number of hydrogen-bond acceptors (Lipinski definition) is 6. The summed E-state index contributed by atoms with van der Waals surface area (Å²) in [7, 11) is 0. The predicted molar refractivity (Wildman–Crippen MR) is 85.0 cm³/mol. The minimum absolute atomic E-state index is 0. The molecule has 2 N–H and O–H groups in total. The van der Waals surface area contributed by atoms with E-state index >= 15 is 0 Å². The van der Waals surface area contributed by atoms with E-state index in [9.17, 15) is 10.1 Å². The van der Waals surface area contributed by atoms with Gasteiger partial charge in [0.2, 0.25) is 5.89 Å². The lowest BCUT2D eigenvalue weighted by Gasteiger charge is -2.21. The van der Waals surface area contributed by atoms with Gasteiger partial charge in [0.25, 0.3) is 5.69 Å². The maximum absolute atomic E-state index is 10.8. The quantitative estimate of drug-likeness (QED) is 0.684. The third-order valence-electron chi connectivity index (χ3n) is 4.11. The highest BCUT2D eigenvalue weighted by molar-refractivity contribution is 5.85. The minimum Gasteiger partial charge on any atom is -0.439 e. The van der Waals surface area contributed by atoms with E-state index in [0.29, 0.717) is 30.1 Å². The van der Waals surface area contributed by atoms with Crippen molar-refractivity contribution in [3.63, 3.8) is 0 Å². The van der Waals surface area contributed by atoms with E-state index in [1.165, 1.54) is 12.1 Å². The second kappa shape index (κ2) is 6.20. The van der Waals surface area contributed by atoms with Gasteiger partial charge >= 0.3 is 0 Å². The largest absolute Gasteiger partial charge is 0.439 e. The van der Waals surface area contributed by atoms with E-state index in [1.54, 1.807) is 6.07 Å². The number of benzene rings is 1. The zero-order chi connectivity index (χ0) is 15.0. The average molecular weight is 327 g/mol. The number of rotatable bonds is 4. The van der Waals surface area contributed by atoms with Gasteiger partial charge in [0.15, 0.2) is 5.58 Å². The van der Waals surface area contributed by atoms with Crippen LogP contribution >= 0.6 is 12.4 Å². The zero-order valence-electron chi connectivity index (χ0n) is 12.3. The van der Waals surface area contributed by atoms with Gasteiger partial charge < -0.3 is 10.2 Å². The van der Waals surface area contributed by atoms with Crippen molar-refractivity contribution < 1.29 is 9.34 Å². The lowest BCUT2D eigenvalue weighted by molar-refractivity contribution is -0.384. The normalized spacial score (nSPS) is 21.9. The van der Waals surface area contributed by atoms with E-state index in [2.05, 4.69) is 16.8 Å². The minimum atomic E-state index is -0.430. The molecule has 1 aromatic heterocycles. The molecule has 2 heterocycles. The molecule has 3 rings (SSSR count). The molecule has 0 amide bonds. The molecule has 0 bridgehead atoms. The fourth-order valence-electron chi connectivity index (χ4n) is 2.76. The van der Waals surface area contributed by atoms with Crippen LogP contribution in [0.3, 0.4) is 0 Å². The standard InChI is InChI=1S/C14H18N4O3.ClH/c1-14(8-15)4-5-17(9-14)7-13-16-11-6-10(18(19)20)2-3-12(11)21-13;/h2-3,6H,4-5,7-9,15H2,1H3;1H. The van der Waals surface area contributed by atoms with Gasteiger partial charge in [-0.05, 0) is 31.0 Å². The van der Waals surface area contributed by atoms with Crippen molar-refractivity contribution in [3.05, 3.63) is 34.2 Å². The molecule has 0 spiro atoms. The zero-order valence-corrected chi connectivity index (χ0v) is 13.1. The summed E-state index contributed by atoms with van der Waals surface area (Å²) in [4.78, 5) is 16.9. The van der Waals surface area contributed by atoms with E-state index in [0.717, 1.165) is 19.5 Å². The van der Waals surface area contributed by atoms with Crippen LogP contribution in [-0.4, -0.2) is 34.4 Å². The number of fused-ring (bicyclic) bond motifs is 1. The van der Waals surface area contributed by atoms with E-state index in [-0.39, 0.29) is 23.5 Å². The molecule has 1 fully saturated rings. The predicted octanol–water partition coefficient (Wildman–Crippen LogP) is 2.33. The van der Waals surface area contributed by atoms with Crippen LogP contribution in [0.2, 0.25) is 0 Å². The van der Waals surface area contributed by atoms with Gasteiger partial charge in [0, 0.05) is 18.7 Å². The monoisotopic (exact) mass is 326 g/mol. The summed E-state index contributed by atoms with van der Waals surface area (Å²) in [5.41, 5.74) is 7.09. The molecule has 1 atom stereocenters. The van der Waals surface area contributed by atoms with Crippen molar-refractivity contribution in [2.75, 3.05) is 19.6 Å². The SMILES string of the molecule is CC1(CN)CCN(Cc2nc3cc([N+](=O)[O-])ccc3o2)C1.Cl. The molecule has 1 aliphatic rings. The summed E-state index contributed by atoms with van der Waals surface area (Å²) in [6.45, 7) is 5.35. The number of halogens is 1. The Balaban J connectivity index is 0.00000176. The first-order valence-electron chi connectivity index (χ1n) is 6.95. The molecular weight excluding hydrogens is 308 g/mol. The van der Waals surface area contributed by atoms with E-state index < -0.39 is 4.92 Å². The Bertz CT molecular complexity index is 690. The third-order valence-corrected chi connectivity index (χ3v) is 4.11. The summed E-state index contributed by atoms with van der Waals surface area (Å²) in [5, 5.41) is 10.8. The number of nitro groups is 1. The van der Waals surface area contributed by atoms with Crippen LogP contribution in [0.4, 0.5) is 5.69 Å². The molecule has 1 saturated heterocycles. The van der Waals surface area contributed by atoms with Gasteiger partial charge in [-0.1, -0.05) is 6.92 Å². The van der Waals surface area contributed by atoms with Gasteiger partial charge in [-0.15, -0.1) is 12.4 Å². The van der Waals surface area contributed by atoms with Gasteiger partial charge in [-0.25, -0.2) is 4.98 Å². The van der Waals surface area contributed by atoms with Crippen molar-refractivity contribution in [2.24, 2.45) is 11.1 Å². The number of likely N-dealkylation sites (tertiary alicyclic amines) is 1. The Labute approximate surface area is 134 Å². The summed E-state index contributed by atoms with van der Waals surface area (Å²) >= 11 is 0. The summed E-state index contributed by atoms with van der Waals surface area (Å²) < 4.78 is 5.66. The Morgan fingerprint density at radius 1 is 1.55 bits per heavy atom. The van der Waals surface area contributed by atoms with Crippen molar-refractivity contribution >= 4 is 29.2 Å². The Morgan fingerprint density at radius 3 is 2.95 bits per heavy atom. The highest BCUT2D eigenvalue weighted by atomic mass is 35.5. The molecule has 0 aliphatic carbocycles. The molecule has 1 aromatic carbocycles. The van der Waals surface area contributed by atoms with Gasteiger partial charge in [-0.3, -0.25) is 15.0 Å². The van der Waals surface area contributed by atoms with Crippen molar-refractivity contribution in [2.45, 2.75) is 19.9 Å². The number of hydrogen-bond donors (Lipinski definition) is 1. The first kappa shape index (κ1) is 16.7.